The number of benzene rings is 2. The molecule has 2 aromatic carbocycles. The molecule has 23 heavy (non-hydrogen) atoms. The van der Waals surface area contributed by atoms with Gasteiger partial charge in [0.1, 0.15) is 0 Å². The Labute approximate surface area is 136 Å². The molecule has 0 aliphatic carbocycles. The van der Waals surface area contributed by atoms with Crippen LogP contribution < -0.4 is 5.73 Å². The van der Waals surface area contributed by atoms with Crippen LogP contribution >= 0.6 is 0 Å². The zero-order chi connectivity index (χ0) is 16.1. The molecule has 0 saturated carbocycles. The van der Waals surface area contributed by atoms with Gasteiger partial charge >= 0.3 is 0 Å². The van der Waals surface area contributed by atoms with Crippen molar-refractivity contribution >= 4 is 0 Å². The number of pyridine rings is 1. The van der Waals surface area contributed by atoms with E-state index in [1.807, 2.05) is 18.2 Å². The van der Waals surface area contributed by atoms with Gasteiger partial charge in [0.15, 0.2) is 0 Å². The minimum atomic E-state index is -0.211. The Hall–Kier alpha value is -2.49. The SMILES string of the molecule is COCC(N)c1cc(-c2cccc(-c3ccccc3)c2)ccn1. The third-order valence-electron chi connectivity index (χ3n) is 3.81. The lowest BCUT2D eigenvalue weighted by molar-refractivity contribution is 0.179. The minimum Gasteiger partial charge on any atom is -0.383 e. The Morgan fingerprint density at radius 3 is 2.26 bits per heavy atom. The van der Waals surface area contributed by atoms with E-state index in [9.17, 15) is 0 Å². The van der Waals surface area contributed by atoms with Crippen molar-refractivity contribution in [1.82, 2.24) is 4.98 Å². The number of rotatable bonds is 5. The summed E-state index contributed by atoms with van der Waals surface area (Å²) < 4.78 is 5.12. The molecule has 0 amide bonds. The molecule has 2 N–H and O–H groups in total. The van der Waals surface area contributed by atoms with Gasteiger partial charge in [-0.1, -0.05) is 48.5 Å². The molecule has 3 aromatic rings. The van der Waals surface area contributed by atoms with Crippen LogP contribution in [0.5, 0.6) is 0 Å². The van der Waals surface area contributed by atoms with Gasteiger partial charge in [0, 0.05) is 13.3 Å². The van der Waals surface area contributed by atoms with E-state index >= 15 is 0 Å². The number of nitrogens with two attached hydrogens (primary N) is 1. The summed E-state index contributed by atoms with van der Waals surface area (Å²) in [6.07, 6.45) is 1.80. The number of aromatic nitrogens is 1. The van der Waals surface area contributed by atoms with Crippen molar-refractivity contribution in [3.05, 3.63) is 78.6 Å². The fourth-order valence-electron chi connectivity index (χ4n) is 2.60. The quantitative estimate of drug-likeness (QED) is 0.773. The highest BCUT2D eigenvalue weighted by Crippen LogP contribution is 2.27. The van der Waals surface area contributed by atoms with E-state index in [0.717, 1.165) is 16.8 Å². The van der Waals surface area contributed by atoms with Crippen LogP contribution in [-0.4, -0.2) is 18.7 Å². The van der Waals surface area contributed by atoms with Crippen LogP contribution in [0.4, 0.5) is 0 Å². The van der Waals surface area contributed by atoms with Crippen molar-refractivity contribution in [1.29, 1.82) is 0 Å². The number of methoxy groups -OCH3 is 1. The van der Waals surface area contributed by atoms with Gasteiger partial charge in [0.2, 0.25) is 0 Å². The zero-order valence-electron chi connectivity index (χ0n) is 13.1. The number of hydrogen-bond donors (Lipinski definition) is 1. The molecule has 0 aliphatic rings. The molecule has 1 atom stereocenters. The summed E-state index contributed by atoms with van der Waals surface area (Å²) in [4.78, 5) is 4.36. The zero-order valence-corrected chi connectivity index (χ0v) is 13.1. The van der Waals surface area contributed by atoms with Crippen LogP contribution in [0.2, 0.25) is 0 Å². The van der Waals surface area contributed by atoms with Gasteiger partial charge in [-0.15, -0.1) is 0 Å². The Kier molecular flexibility index (Phi) is 4.81. The fourth-order valence-corrected chi connectivity index (χ4v) is 2.60. The minimum absolute atomic E-state index is 0.211. The van der Waals surface area contributed by atoms with Crippen molar-refractivity contribution in [3.63, 3.8) is 0 Å². The Morgan fingerprint density at radius 1 is 0.870 bits per heavy atom. The average molecular weight is 304 g/mol. The highest BCUT2D eigenvalue weighted by Gasteiger charge is 2.09. The third-order valence-corrected chi connectivity index (χ3v) is 3.81. The Morgan fingerprint density at radius 2 is 1.52 bits per heavy atom. The molecular formula is C20H20N2O. The van der Waals surface area contributed by atoms with Crippen LogP contribution in [0.1, 0.15) is 11.7 Å². The second-order valence-electron chi connectivity index (χ2n) is 5.48. The first-order valence-electron chi connectivity index (χ1n) is 7.64. The molecule has 3 heteroatoms. The monoisotopic (exact) mass is 304 g/mol. The summed E-state index contributed by atoms with van der Waals surface area (Å²) in [7, 11) is 1.65. The molecule has 3 nitrogen and oxygen atoms in total. The summed E-state index contributed by atoms with van der Waals surface area (Å²) in [6, 6.07) is 22.7. The normalized spacial score (nSPS) is 12.1. The molecule has 0 spiro atoms. The summed E-state index contributed by atoms with van der Waals surface area (Å²) in [6.45, 7) is 0.459. The number of hydrogen-bond acceptors (Lipinski definition) is 3. The third kappa shape index (κ3) is 3.65. The lowest BCUT2D eigenvalue weighted by Crippen LogP contribution is -2.17. The first-order chi connectivity index (χ1) is 11.3. The van der Waals surface area contributed by atoms with Gasteiger partial charge in [-0.2, -0.15) is 0 Å². The standard InChI is InChI=1S/C20H20N2O/c1-23-14-19(21)20-13-18(10-11-22-20)17-9-5-8-16(12-17)15-6-3-2-4-7-15/h2-13,19H,14,21H2,1H3. The van der Waals surface area contributed by atoms with Crippen molar-refractivity contribution in [2.24, 2.45) is 5.73 Å². The molecule has 1 unspecified atom stereocenters. The van der Waals surface area contributed by atoms with E-state index in [4.69, 9.17) is 10.5 Å². The van der Waals surface area contributed by atoms with Crippen molar-refractivity contribution in [2.45, 2.75) is 6.04 Å². The maximum atomic E-state index is 6.09. The summed E-state index contributed by atoms with van der Waals surface area (Å²) in [5.41, 5.74) is 11.6. The smallest absolute Gasteiger partial charge is 0.0707 e. The molecule has 3 rings (SSSR count). The van der Waals surface area contributed by atoms with Crippen molar-refractivity contribution in [3.8, 4) is 22.3 Å². The lowest BCUT2D eigenvalue weighted by Gasteiger charge is -2.12. The van der Waals surface area contributed by atoms with Gasteiger partial charge in [0.25, 0.3) is 0 Å². The topological polar surface area (TPSA) is 48.1 Å². The van der Waals surface area contributed by atoms with Crippen molar-refractivity contribution < 1.29 is 4.74 Å². The van der Waals surface area contributed by atoms with Gasteiger partial charge in [-0.05, 0) is 40.5 Å². The first kappa shape index (κ1) is 15.4. The Bertz CT molecular complexity index is 771. The molecular weight excluding hydrogens is 284 g/mol. The molecule has 0 bridgehead atoms. The van der Waals surface area contributed by atoms with Gasteiger partial charge < -0.3 is 10.5 Å². The van der Waals surface area contributed by atoms with E-state index in [-0.39, 0.29) is 6.04 Å². The van der Waals surface area contributed by atoms with Gasteiger partial charge in [0.05, 0.1) is 18.3 Å². The number of nitrogens with zero attached hydrogens (tertiary/aromatic N) is 1. The van der Waals surface area contributed by atoms with E-state index in [1.165, 1.54) is 11.1 Å². The molecule has 0 fully saturated rings. The highest BCUT2D eigenvalue weighted by atomic mass is 16.5. The highest BCUT2D eigenvalue weighted by molar-refractivity contribution is 5.73. The predicted octanol–water partition coefficient (Wildman–Crippen LogP) is 4.06. The molecule has 1 aromatic heterocycles. The van der Waals surface area contributed by atoms with E-state index in [0.29, 0.717) is 6.61 Å². The maximum absolute atomic E-state index is 6.09. The van der Waals surface area contributed by atoms with Crippen LogP contribution in [0.25, 0.3) is 22.3 Å². The van der Waals surface area contributed by atoms with Crippen LogP contribution in [0.3, 0.4) is 0 Å². The second-order valence-corrected chi connectivity index (χ2v) is 5.48. The van der Waals surface area contributed by atoms with Gasteiger partial charge in [-0.3, -0.25) is 4.98 Å². The van der Waals surface area contributed by atoms with Gasteiger partial charge in [-0.25, -0.2) is 0 Å². The maximum Gasteiger partial charge on any atom is 0.0707 e. The van der Waals surface area contributed by atoms with E-state index in [2.05, 4.69) is 53.5 Å². The van der Waals surface area contributed by atoms with E-state index in [1.54, 1.807) is 13.3 Å². The summed E-state index contributed by atoms with van der Waals surface area (Å²) in [5, 5.41) is 0. The molecule has 1 heterocycles. The predicted molar refractivity (Wildman–Crippen MR) is 93.9 cm³/mol. The summed E-state index contributed by atoms with van der Waals surface area (Å²) >= 11 is 0. The molecule has 0 saturated heterocycles. The van der Waals surface area contributed by atoms with Crippen LogP contribution in [0.15, 0.2) is 72.9 Å². The fraction of sp³-hybridized carbons (Fsp3) is 0.150. The van der Waals surface area contributed by atoms with Crippen molar-refractivity contribution in [2.75, 3.05) is 13.7 Å². The first-order valence-corrected chi connectivity index (χ1v) is 7.64. The molecule has 0 aliphatic heterocycles. The average Bonchev–Trinajstić information content (AvgIpc) is 2.63. The summed E-state index contributed by atoms with van der Waals surface area (Å²) in [5.74, 6) is 0. The second kappa shape index (κ2) is 7.18. The lowest BCUT2D eigenvalue weighted by atomic mass is 9.99. The molecule has 116 valence electrons. The number of ether oxygens (including phenoxy) is 1. The van der Waals surface area contributed by atoms with Crippen LogP contribution in [0, 0.1) is 0 Å². The van der Waals surface area contributed by atoms with Crippen LogP contribution in [-0.2, 0) is 4.74 Å². The Balaban J connectivity index is 1.95. The molecule has 0 radical (unpaired) electrons. The largest absolute Gasteiger partial charge is 0.383 e. The van der Waals surface area contributed by atoms with E-state index < -0.39 is 0 Å².